The summed E-state index contributed by atoms with van der Waals surface area (Å²) in [6.45, 7) is 10.2. The average molecular weight is 561 g/mol. The third-order valence-electron chi connectivity index (χ3n) is 6.38. The third-order valence-corrected chi connectivity index (χ3v) is 8.18. The van der Waals surface area contributed by atoms with E-state index in [1.54, 1.807) is 0 Å². The normalized spacial score (nSPS) is 20.3. The van der Waals surface area contributed by atoms with Crippen molar-refractivity contribution in [2.45, 2.75) is 36.6 Å². The molecule has 0 saturated carbocycles. The van der Waals surface area contributed by atoms with Crippen molar-refractivity contribution in [1.29, 1.82) is 5.26 Å². The number of nitrogens with zero attached hydrogens (tertiary/aromatic N) is 3. The van der Waals surface area contributed by atoms with Crippen LogP contribution in [-0.4, -0.2) is 46.1 Å². The standard InChI is InChI=1S/C26H23F3N4O5S/c1-16-23(31-2)24(32-25(34)33(16)19-5-3-4-18(13-19)26(27,28)29)21-7-6-17(14-30)12-22(21)39(35,36)11-8-20-15-37-9-10-38-20/h3-7,12-13,20,24H,8-11,15H2,1H3,(H,32,34)/t20?,24-/m1/s1. The summed E-state index contributed by atoms with van der Waals surface area (Å²) in [6, 6.07) is 7.85. The first-order valence-electron chi connectivity index (χ1n) is 11.8. The zero-order valence-electron chi connectivity index (χ0n) is 20.7. The number of halogens is 3. The molecule has 2 amide bonds. The molecule has 0 aliphatic carbocycles. The van der Waals surface area contributed by atoms with E-state index in [9.17, 15) is 31.6 Å². The number of amides is 2. The number of nitrogens with one attached hydrogen (secondary N) is 1. The fraction of sp³-hybridized carbons (Fsp3) is 0.346. The van der Waals surface area contributed by atoms with Crippen LogP contribution in [0.2, 0.25) is 0 Å². The number of nitriles is 1. The largest absolute Gasteiger partial charge is 0.416 e. The fourth-order valence-corrected chi connectivity index (χ4v) is 6.09. The lowest BCUT2D eigenvalue weighted by Crippen LogP contribution is -2.46. The van der Waals surface area contributed by atoms with Crippen molar-refractivity contribution in [2.24, 2.45) is 0 Å². The molecule has 0 spiro atoms. The Morgan fingerprint density at radius 2 is 2.00 bits per heavy atom. The number of benzene rings is 2. The molecule has 1 N–H and O–H groups in total. The molecule has 204 valence electrons. The molecular formula is C26H23F3N4O5S. The van der Waals surface area contributed by atoms with Crippen LogP contribution in [0.3, 0.4) is 0 Å². The summed E-state index contributed by atoms with van der Waals surface area (Å²) in [5.41, 5.74) is -0.998. The van der Waals surface area contributed by atoms with Crippen LogP contribution >= 0.6 is 0 Å². The number of anilines is 1. The zero-order valence-corrected chi connectivity index (χ0v) is 21.5. The molecule has 2 aliphatic heterocycles. The van der Waals surface area contributed by atoms with Crippen LogP contribution < -0.4 is 10.2 Å². The van der Waals surface area contributed by atoms with Gasteiger partial charge in [-0.15, -0.1) is 0 Å². The fourth-order valence-electron chi connectivity index (χ4n) is 4.45. The number of carbonyl (C=O) groups is 1. The number of hydrogen-bond donors (Lipinski definition) is 1. The van der Waals surface area contributed by atoms with Gasteiger partial charge in [-0.05, 0) is 49.2 Å². The van der Waals surface area contributed by atoms with Crippen molar-refractivity contribution in [1.82, 2.24) is 5.32 Å². The van der Waals surface area contributed by atoms with Crippen molar-refractivity contribution in [3.8, 4) is 6.07 Å². The Hall–Kier alpha value is -3.91. The molecule has 0 aromatic heterocycles. The Kier molecular flexibility index (Phi) is 7.97. The molecule has 0 radical (unpaired) electrons. The maximum atomic E-state index is 13.5. The monoisotopic (exact) mass is 560 g/mol. The molecule has 9 nitrogen and oxygen atoms in total. The van der Waals surface area contributed by atoms with Crippen LogP contribution in [0, 0.1) is 17.9 Å². The molecule has 1 saturated heterocycles. The Morgan fingerprint density at radius 1 is 1.23 bits per heavy atom. The Balaban J connectivity index is 1.75. The number of urea groups is 1. The van der Waals surface area contributed by atoms with Crippen molar-refractivity contribution in [2.75, 3.05) is 30.5 Å². The Bertz CT molecular complexity index is 1500. The Labute approximate surface area is 223 Å². The molecule has 0 bridgehead atoms. The van der Waals surface area contributed by atoms with E-state index in [2.05, 4.69) is 10.2 Å². The summed E-state index contributed by atoms with van der Waals surface area (Å²) < 4.78 is 77.6. The highest BCUT2D eigenvalue weighted by Gasteiger charge is 2.38. The first-order chi connectivity index (χ1) is 18.5. The summed E-state index contributed by atoms with van der Waals surface area (Å²) in [5.74, 6) is -0.337. The molecule has 13 heteroatoms. The van der Waals surface area contributed by atoms with Crippen LogP contribution in [0.15, 0.2) is 58.8 Å². The maximum Gasteiger partial charge on any atom is 0.416 e. The van der Waals surface area contributed by atoms with E-state index in [1.165, 1.54) is 31.2 Å². The number of hydrogen-bond acceptors (Lipinski definition) is 6. The summed E-state index contributed by atoms with van der Waals surface area (Å²) in [7, 11) is -4.03. The van der Waals surface area contributed by atoms with Gasteiger partial charge in [-0.25, -0.2) is 18.1 Å². The highest BCUT2D eigenvalue weighted by molar-refractivity contribution is 7.91. The molecule has 2 aromatic rings. The lowest BCUT2D eigenvalue weighted by Gasteiger charge is -2.35. The summed E-state index contributed by atoms with van der Waals surface area (Å²) in [5, 5.41) is 12.0. The van der Waals surface area contributed by atoms with Gasteiger partial charge >= 0.3 is 12.2 Å². The van der Waals surface area contributed by atoms with Crippen LogP contribution in [-0.2, 0) is 25.5 Å². The molecule has 4 rings (SSSR count). The van der Waals surface area contributed by atoms with Crippen molar-refractivity contribution in [3.05, 3.63) is 82.0 Å². The van der Waals surface area contributed by atoms with Gasteiger partial charge in [0.2, 0.25) is 5.70 Å². The summed E-state index contributed by atoms with van der Waals surface area (Å²) >= 11 is 0. The highest BCUT2D eigenvalue weighted by atomic mass is 32.2. The van der Waals surface area contributed by atoms with E-state index in [1.807, 2.05) is 6.07 Å². The summed E-state index contributed by atoms with van der Waals surface area (Å²) in [4.78, 5) is 17.4. The third kappa shape index (κ3) is 5.91. The molecular weight excluding hydrogens is 537 g/mol. The minimum Gasteiger partial charge on any atom is -0.376 e. The maximum absolute atomic E-state index is 13.5. The van der Waals surface area contributed by atoms with E-state index in [4.69, 9.17) is 16.0 Å². The van der Waals surface area contributed by atoms with Gasteiger partial charge in [-0.2, -0.15) is 18.4 Å². The van der Waals surface area contributed by atoms with Crippen LogP contribution in [0.5, 0.6) is 0 Å². The summed E-state index contributed by atoms with van der Waals surface area (Å²) in [6.07, 6.45) is -4.94. The number of alkyl halides is 3. The number of rotatable bonds is 6. The van der Waals surface area contributed by atoms with Gasteiger partial charge in [0.15, 0.2) is 9.84 Å². The minimum atomic E-state index is -4.65. The quantitative estimate of drug-likeness (QED) is 0.518. The second-order valence-electron chi connectivity index (χ2n) is 8.89. The van der Waals surface area contributed by atoms with E-state index >= 15 is 0 Å². The van der Waals surface area contributed by atoms with Crippen molar-refractivity contribution < 1.29 is 35.9 Å². The van der Waals surface area contributed by atoms with E-state index < -0.39 is 39.8 Å². The number of carbonyl (C=O) groups excluding carboxylic acids is 1. The van der Waals surface area contributed by atoms with Crippen molar-refractivity contribution >= 4 is 21.6 Å². The van der Waals surface area contributed by atoms with Crippen LogP contribution in [0.1, 0.15) is 36.1 Å². The van der Waals surface area contributed by atoms with Gasteiger partial charge in [0.05, 0.1) is 66.4 Å². The molecule has 2 aliphatic rings. The van der Waals surface area contributed by atoms with Gasteiger partial charge in [0.25, 0.3) is 0 Å². The van der Waals surface area contributed by atoms with E-state index in [0.29, 0.717) is 13.2 Å². The lowest BCUT2D eigenvalue weighted by molar-refractivity contribution is -0.137. The highest BCUT2D eigenvalue weighted by Crippen LogP contribution is 2.39. The average Bonchev–Trinajstić information content (AvgIpc) is 2.91. The van der Waals surface area contributed by atoms with Crippen molar-refractivity contribution in [3.63, 3.8) is 0 Å². The predicted octanol–water partition coefficient (Wildman–Crippen LogP) is 4.58. The number of sulfone groups is 1. The van der Waals surface area contributed by atoms with Gasteiger partial charge < -0.3 is 14.8 Å². The molecule has 2 heterocycles. The molecule has 39 heavy (non-hydrogen) atoms. The topological polar surface area (TPSA) is 113 Å². The molecule has 2 aromatic carbocycles. The number of allylic oxidation sites excluding steroid dienone is 1. The van der Waals surface area contributed by atoms with Crippen LogP contribution in [0.25, 0.3) is 4.85 Å². The minimum absolute atomic E-state index is 0.0403. The van der Waals surface area contributed by atoms with Gasteiger partial charge in [-0.3, -0.25) is 4.90 Å². The molecule has 1 fully saturated rings. The predicted molar refractivity (Wildman–Crippen MR) is 133 cm³/mol. The second-order valence-corrected chi connectivity index (χ2v) is 11.0. The lowest BCUT2D eigenvalue weighted by atomic mass is 9.99. The molecule has 1 unspecified atom stereocenters. The van der Waals surface area contributed by atoms with Gasteiger partial charge in [0.1, 0.15) is 0 Å². The smallest absolute Gasteiger partial charge is 0.376 e. The molecule has 2 atom stereocenters. The zero-order chi connectivity index (χ0) is 28.4. The first kappa shape index (κ1) is 28.1. The van der Waals surface area contributed by atoms with Gasteiger partial charge in [0, 0.05) is 11.4 Å². The number of ether oxygens (including phenoxy) is 2. The van der Waals surface area contributed by atoms with E-state index in [-0.39, 0.29) is 51.9 Å². The SMILES string of the molecule is [C-]#[N+]C1=C(C)N(c2cccc(C(F)(F)F)c2)C(=O)N[C@@H]1c1ccc(C#N)cc1S(=O)(=O)CCC1COCCO1. The van der Waals surface area contributed by atoms with Gasteiger partial charge in [-0.1, -0.05) is 12.1 Å². The second kappa shape index (κ2) is 11.1. The Morgan fingerprint density at radius 3 is 2.64 bits per heavy atom. The van der Waals surface area contributed by atoms with Crippen LogP contribution in [0.4, 0.5) is 23.7 Å². The first-order valence-corrected chi connectivity index (χ1v) is 13.4. The van der Waals surface area contributed by atoms with E-state index in [0.717, 1.165) is 23.1 Å².